The number of hydrogen-bond donors (Lipinski definition) is 3. The van der Waals surface area contributed by atoms with E-state index < -0.39 is 17.9 Å². The molecule has 5 nitrogen and oxygen atoms in total. The fraction of sp³-hybridized carbons (Fsp3) is 0.833. The Hall–Kier alpha value is -1.10. The van der Waals surface area contributed by atoms with Crippen LogP contribution in [0, 0.1) is 5.92 Å². The average Bonchev–Trinajstić information content (AvgIpc) is 2.30. The van der Waals surface area contributed by atoms with Crippen molar-refractivity contribution in [3.8, 4) is 0 Å². The van der Waals surface area contributed by atoms with Gasteiger partial charge in [-0.3, -0.25) is 10.1 Å². The molecular weight excluding hydrogens is 220 g/mol. The van der Waals surface area contributed by atoms with Crippen molar-refractivity contribution in [1.29, 1.82) is 0 Å². The van der Waals surface area contributed by atoms with Gasteiger partial charge in [0.15, 0.2) is 6.04 Å². The molecule has 0 spiro atoms. The molecule has 1 atom stereocenters. The fourth-order valence-corrected chi connectivity index (χ4v) is 2.34. The molecule has 1 saturated carbocycles. The molecule has 0 saturated heterocycles. The predicted molar refractivity (Wildman–Crippen MR) is 64.7 cm³/mol. The van der Waals surface area contributed by atoms with Gasteiger partial charge in [0, 0.05) is 6.54 Å². The Bertz CT molecular complexity index is 262. The van der Waals surface area contributed by atoms with Gasteiger partial charge in [0.05, 0.1) is 0 Å². The lowest BCUT2D eigenvalue weighted by Crippen LogP contribution is -2.48. The van der Waals surface area contributed by atoms with E-state index in [1.807, 2.05) is 0 Å². The molecule has 1 aliphatic carbocycles. The van der Waals surface area contributed by atoms with Crippen LogP contribution in [0.3, 0.4) is 0 Å². The summed E-state index contributed by atoms with van der Waals surface area (Å²) in [5.74, 6) is -0.889. The Labute approximate surface area is 102 Å². The Morgan fingerprint density at radius 1 is 1.29 bits per heavy atom. The number of carbonyl (C=O) groups is 2. The van der Waals surface area contributed by atoms with Crippen molar-refractivity contribution in [2.75, 3.05) is 13.6 Å². The summed E-state index contributed by atoms with van der Waals surface area (Å²) in [4.78, 5) is 22.2. The molecule has 3 N–H and O–H groups in total. The van der Waals surface area contributed by atoms with Crippen molar-refractivity contribution >= 4 is 11.9 Å². The first kappa shape index (κ1) is 14.0. The second kappa shape index (κ2) is 7.27. The van der Waals surface area contributed by atoms with Gasteiger partial charge in [-0.2, -0.15) is 0 Å². The normalized spacial score (nSPS) is 18.6. The van der Waals surface area contributed by atoms with Crippen molar-refractivity contribution < 1.29 is 14.7 Å². The van der Waals surface area contributed by atoms with Gasteiger partial charge in [0.25, 0.3) is 0 Å². The number of aliphatic carboxylic acids is 1. The first-order valence-electron chi connectivity index (χ1n) is 6.33. The molecule has 0 aromatic rings. The summed E-state index contributed by atoms with van der Waals surface area (Å²) < 4.78 is 0. The van der Waals surface area contributed by atoms with Gasteiger partial charge in [-0.25, -0.2) is 4.79 Å². The molecule has 0 bridgehead atoms. The molecule has 1 fully saturated rings. The summed E-state index contributed by atoms with van der Waals surface area (Å²) in [6, 6.07) is -1.14. The lowest BCUT2D eigenvalue weighted by molar-refractivity contribution is -0.143. The van der Waals surface area contributed by atoms with Crippen molar-refractivity contribution in [3.63, 3.8) is 0 Å². The Morgan fingerprint density at radius 3 is 2.47 bits per heavy atom. The molecule has 1 unspecified atom stereocenters. The number of amides is 1. The maximum atomic E-state index is 11.5. The molecule has 0 aromatic heterocycles. The van der Waals surface area contributed by atoms with E-state index in [1.165, 1.54) is 39.2 Å². The molecule has 0 radical (unpaired) electrons. The van der Waals surface area contributed by atoms with Gasteiger partial charge < -0.3 is 10.4 Å². The van der Waals surface area contributed by atoms with Crippen LogP contribution in [0.4, 0.5) is 0 Å². The second-order valence-corrected chi connectivity index (χ2v) is 4.64. The lowest BCUT2D eigenvalue weighted by atomic mass is 9.87. The van der Waals surface area contributed by atoms with E-state index in [9.17, 15) is 9.59 Å². The number of rotatable bonds is 6. The van der Waals surface area contributed by atoms with Crippen molar-refractivity contribution in [3.05, 3.63) is 0 Å². The third kappa shape index (κ3) is 4.73. The van der Waals surface area contributed by atoms with Gasteiger partial charge in [-0.15, -0.1) is 0 Å². The van der Waals surface area contributed by atoms with E-state index in [0.717, 1.165) is 6.42 Å². The summed E-state index contributed by atoms with van der Waals surface area (Å²) in [7, 11) is 1.47. The SMILES string of the molecule is CNC(C(=O)O)C(=O)NCCC1CCCCC1. The Balaban J connectivity index is 2.20. The third-order valence-electron chi connectivity index (χ3n) is 3.37. The van der Waals surface area contributed by atoms with Crippen LogP contribution in [0.15, 0.2) is 0 Å². The number of carboxylic acid groups (broad SMARTS) is 1. The van der Waals surface area contributed by atoms with E-state index in [0.29, 0.717) is 12.5 Å². The van der Waals surface area contributed by atoms with Gasteiger partial charge >= 0.3 is 5.97 Å². The molecular formula is C12H22N2O3. The molecule has 1 amide bonds. The Morgan fingerprint density at radius 2 is 1.94 bits per heavy atom. The smallest absolute Gasteiger partial charge is 0.330 e. The maximum absolute atomic E-state index is 11.5. The first-order valence-corrected chi connectivity index (χ1v) is 6.33. The zero-order valence-electron chi connectivity index (χ0n) is 10.4. The topological polar surface area (TPSA) is 78.4 Å². The van der Waals surface area contributed by atoms with Crippen LogP contribution in [-0.2, 0) is 9.59 Å². The minimum atomic E-state index is -1.14. The molecule has 1 aliphatic rings. The van der Waals surface area contributed by atoms with E-state index in [-0.39, 0.29) is 0 Å². The first-order chi connectivity index (χ1) is 8.15. The standard InChI is InChI=1S/C12H22N2O3/c1-13-10(12(16)17)11(15)14-8-7-9-5-3-2-4-6-9/h9-10,13H,2-8H2,1H3,(H,14,15)(H,16,17). The monoisotopic (exact) mass is 242 g/mol. The highest BCUT2D eigenvalue weighted by Crippen LogP contribution is 2.25. The van der Waals surface area contributed by atoms with E-state index in [4.69, 9.17) is 5.11 Å². The number of nitrogens with one attached hydrogen (secondary N) is 2. The highest BCUT2D eigenvalue weighted by Gasteiger charge is 2.23. The number of carboxylic acids is 1. The van der Waals surface area contributed by atoms with Gasteiger partial charge in [0.1, 0.15) is 0 Å². The fourth-order valence-electron chi connectivity index (χ4n) is 2.34. The molecule has 0 heterocycles. The lowest BCUT2D eigenvalue weighted by Gasteiger charge is -2.21. The van der Waals surface area contributed by atoms with Crippen LogP contribution in [0.2, 0.25) is 0 Å². The number of likely N-dealkylation sites (N-methyl/N-ethyl adjacent to an activating group) is 1. The molecule has 17 heavy (non-hydrogen) atoms. The summed E-state index contributed by atoms with van der Waals surface area (Å²) >= 11 is 0. The summed E-state index contributed by atoms with van der Waals surface area (Å²) in [5.41, 5.74) is 0. The predicted octanol–water partition coefficient (Wildman–Crippen LogP) is 0.746. The van der Waals surface area contributed by atoms with Crippen LogP contribution in [0.5, 0.6) is 0 Å². The summed E-state index contributed by atoms with van der Waals surface area (Å²) in [6.07, 6.45) is 7.33. The highest BCUT2D eigenvalue weighted by atomic mass is 16.4. The molecule has 0 aliphatic heterocycles. The maximum Gasteiger partial charge on any atom is 0.330 e. The third-order valence-corrected chi connectivity index (χ3v) is 3.37. The highest BCUT2D eigenvalue weighted by molar-refractivity contribution is 6.01. The second-order valence-electron chi connectivity index (χ2n) is 4.64. The molecule has 0 aromatic carbocycles. The van der Waals surface area contributed by atoms with Crippen molar-refractivity contribution in [2.45, 2.75) is 44.6 Å². The zero-order valence-corrected chi connectivity index (χ0v) is 10.4. The van der Waals surface area contributed by atoms with Crippen molar-refractivity contribution in [1.82, 2.24) is 10.6 Å². The zero-order chi connectivity index (χ0) is 12.7. The number of carbonyl (C=O) groups excluding carboxylic acids is 1. The summed E-state index contributed by atoms with van der Waals surface area (Å²) in [5, 5.41) is 13.9. The van der Waals surface area contributed by atoms with Gasteiger partial charge in [0.2, 0.25) is 5.91 Å². The largest absolute Gasteiger partial charge is 0.480 e. The van der Waals surface area contributed by atoms with E-state index >= 15 is 0 Å². The Kier molecular flexibility index (Phi) is 5.97. The van der Waals surface area contributed by atoms with E-state index in [1.54, 1.807) is 0 Å². The van der Waals surface area contributed by atoms with E-state index in [2.05, 4.69) is 10.6 Å². The van der Waals surface area contributed by atoms with Gasteiger partial charge in [-0.1, -0.05) is 32.1 Å². The van der Waals surface area contributed by atoms with Crippen LogP contribution < -0.4 is 10.6 Å². The molecule has 5 heteroatoms. The minimum Gasteiger partial charge on any atom is -0.480 e. The van der Waals surface area contributed by atoms with Crippen LogP contribution in [-0.4, -0.2) is 36.6 Å². The van der Waals surface area contributed by atoms with Crippen LogP contribution >= 0.6 is 0 Å². The number of hydrogen-bond acceptors (Lipinski definition) is 3. The molecule has 98 valence electrons. The quantitative estimate of drug-likeness (QED) is 0.600. The summed E-state index contributed by atoms with van der Waals surface area (Å²) in [6.45, 7) is 0.578. The minimum absolute atomic E-state index is 0.448. The van der Waals surface area contributed by atoms with Gasteiger partial charge in [-0.05, 0) is 19.4 Å². The van der Waals surface area contributed by atoms with Crippen LogP contribution in [0.1, 0.15) is 38.5 Å². The van der Waals surface area contributed by atoms with Crippen molar-refractivity contribution in [2.24, 2.45) is 5.92 Å². The molecule has 1 rings (SSSR count). The average molecular weight is 242 g/mol. The van der Waals surface area contributed by atoms with Crippen LogP contribution in [0.25, 0.3) is 0 Å².